The molecule has 3 aromatic rings. The number of hydrogen-bond acceptors (Lipinski definition) is 3. The van der Waals surface area contributed by atoms with Crippen LogP contribution in [0.15, 0.2) is 54.6 Å². The molecule has 5 nitrogen and oxygen atoms in total. The first-order valence-electron chi connectivity index (χ1n) is 8.33. The number of alkyl halides is 3. The molecule has 0 unspecified atom stereocenters. The topological polar surface area (TPSA) is 64.0 Å². The first-order valence-corrected chi connectivity index (χ1v) is 8.33. The van der Waals surface area contributed by atoms with E-state index in [2.05, 4.69) is 10.4 Å². The number of amides is 1. The summed E-state index contributed by atoms with van der Waals surface area (Å²) in [5.41, 5.74) is 1.04. The van der Waals surface area contributed by atoms with Gasteiger partial charge >= 0.3 is 6.18 Å². The molecule has 0 aliphatic heterocycles. The number of ketones is 1. The Balaban J connectivity index is 1.82. The average Bonchev–Trinajstić information content (AvgIpc) is 2.95. The Morgan fingerprint density at radius 2 is 1.57 bits per heavy atom. The molecule has 0 spiro atoms. The molecule has 1 amide bonds. The van der Waals surface area contributed by atoms with Crippen LogP contribution in [0.25, 0.3) is 5.69 Å². The Kier molecular flexibility index (Phi) is 5.04. The highest BCUT2D eigenvalue weighted by Crippen LogP contribution is 2.30. The average molecular weight is 387 g/mol. The largest absolute Gasteiger partial charge is 0.416 e. The predicted molar refractivity (Wildman–Crippen MR) is 97.4 cm³/mol. The molecule has 2 aromatic carbocycles. The van der Waals surface area contributed by atoms with Gasteiger partial charge in [0, 0.05) is 5.69 Å². The van der Waals surface area contributed by atoms with Gasteiger partial charge in [-0.15, -0.1) is 0 Å². The van der Waals surface area contributed by atoms with Crippen molar-refractivity contribution in [3.63, 3.8) is 0 Å². The molecule has 3 rings (SSSR count). The van der Waals surface area contributed by atoms with Crippen LogP contribution < -0.4 is 5.32 Å². The molecule has 0 saturated carbocycles. The third kappa shape index (κ3) is 3.80. The molecule has 0 aliphatic rings. The summed E-state index contributed by atoms with van der Waals surface area (Å²) in [6, 6.07) is 13.0. The fraction of sp³-hybridized carbons (Fsp3) is 0.150. The van der Waals surface area contributed by atoms with Crippen LogP contribution in [0.3, 0.4) is 0 Å². The third-order valence-electron chi connectivity index (χ3n) is 4.20. The lowest BCUT2D eigenvalue weighted by molar-refractivity contribution is -0.137. The molecule has 1 aromatic heterocycles. The number of carbonyl (C=O) groups is 2. The number of hydrogen-bond donors (Lipinski definition) is 1. The number of aromatic nitrogens is 2. The van der Waals surface area contributed by atoms with Crippen LogP contribution in [0.4, 0.5) is 18.9 Å². The van der Waals surface area contributed by atoms with Crippen molar-refractivity contribution in [1.29, 1.82) is 0 Å². The number of nitrogens with zero attached hydrogens (tertiary/aromatic N) is 2. The van der Waals surface area contributed by atoms with E-state index in [0.717, 1.165) is 30.0 Å². The van der Waals surface area contributed by atoms with Gasteiger partial charge < -0.3 is 5.32 Å². The van der Waals surface area contributed by atoms with E-state index in [4.69, 9.17) is 0 Å². The second-order valence-electron chi connectivity index (χ2n) is 6.15. The number of rotatable bonds is 4. The zero-order valence-electron chi connectivity index (χ0n) is 15.0. The normalized spacial score (nSPS) is 11.3. The van der Waals surface area contributed by atoms with Crippen LogP contribution in [-0.2, 0) is 11.0 Å². The van der Waals surface area contributed by atoms with Gasteiger partial charge in [0.1, 0.15) is 0 Å². The Morgan fingerprint density at radius 1 is 0.964 bits per heavy atom. The minimum atomic E-state index is -4.47. The van der Waals surface area contributed by atoms with Crippen molar-refractivity contribution < 1.29 is 22.8 Å². The number of anilines is 1. The number of para-hydroxylation sites is 1. The van der Waals surface area contributed by atoms with Gasteiger partial charge in [0.25, 0.3) is 11.7 Å². The molecular weight excluding hydrogens is 371 g/mol. The fourth-order valence-electron chi connectivity index (χ4n) is 2.84. The Labute approximate surface area is 158 Å². The minimum Gasteiger partial charge on any atom is -0.319 e. The first-order chi connectivity index (χ1) is 13.2. The van der Waals surface area contributed by atoms with Crippen molar-refractivity contribution >= 4 is 17.4 Å². The Morgan fingerprint density at radius 3 is 2.14 bits per heavy atom. The summed E-state index contributed by atoms with van der Waals surface area (Å²) in [6.07, 6.45) is -4.47. The zero-order valence-corrected chi connectivity index (χ0v) is 15.0. The van der Waals surface area contributed by atoms with E-state index in [9.17, 15) is 22.8 Å². The van der Waals surface area contributed by atoms with E-state index in [0.29, 0.717) is 11.4 Å². The second kappa shape index (κ2) is 7.30. The van der Waals surface area contributed by atoms with Crippen molar-refractivity contribution in [2.75, 3.05) is 5.32 Å². The summed E-state index contributed by atoms with van der Waals surface area (Å²) < 4.78 is 39.4. The van der Waals surface area contributed by atoms with Crippen LogP contribution >= 0.6 is 0 Å². The third-order valence-corrected chi connectivity index (χ3v) is 4.20. The number of carbonyl (C=O) groups excluding carboxylic acids is 2. The molecule has 0 radical (unpaired) electrons. The predicted octanol–water partition coefficient (Wildman–Crippen LogP) is 4.33. The Hall–Kier alpha value is -3.42. The van der Waals surface area contributed by atoms with Gasteiger partial charge in [0.2, 0.25) is 0 Å². The molecule has 1 N–H and O–H groups in total. The fourth-order valence-corrected chi connectivity index (χ4v) is 2.84. The van der Waals surface area contributed by atoms with E-state index in [1.165, 1.54) is 0 Å². The molecule has 144 valence electrons. The van der Waals surface area contributed by atoms with Crippen LogP contribution in [-0.4, -0.2) is 21.5 Å². The van der Waals surface area contributed by atoms with E-state index >= 15 is 0 Å². The van der Waals surface area contributed by atoms with Crippen molar-refractivity contribution in [3.05, 3.63) is 77.1 Å². The molecule has 0 atom stereocenters. The van der Waals surface area contributed by atoms with Crippen LogP contribution in [0.1, 0.15) is 27.3 Å². The molecule has 0 bridgehead atoms. The van der Waals surface area contributed by atoms with E-state index in [1.54, 1.807) is 18.5 Å². The van der Waals surface area contributed by atoms with Crippen LogP contribution in [0.5, 0.6) is 0 Å². The van der Waals surface area contributed by atoms with Crippen molar-refractivity contribution in [1.82, 2.24) is 9.78 Å². The summed E-state index contributed by atoms with van der Waals surface area (Å²) in [4.78, 5) is 24.9. The molecule has 0 aliphatic carbocycles. The number of nitrogens with one attached hydrogen (secondary N) is 1. The molecule has 0 saturated heterocycles. The molecule has 0 fully saturated rings. The lowest BCUT2D eigenvalue weighted by Crippen LogP contribution is -2.24. The lowest BCUT2D eigenvalue weighted by atomic mass is 10.1. The van der Waals surface area contributed by atoms with E-state index in [-0.39, 0.29) is 11.3 Å². The summed E-state index contributed by atoms with van der Waals surface area (Å²) >= 11 is 0. The van der Waals surface area contributed by atoms with Gasteiger partial charge in [0.15, 0.2) is 0 Å². The highest BCUT2D eigenvalue weighted by Gasteiger charge is 2.30. The Bertz CT molecular complexity index is 1020. The van der Waals surface area contributed by atoms with Gasteiger partial charge in [-0.05, 0) is 50.2 Å². The molecule has 1 heterocycles. The van der Waals surface area contributed by atoms with Crippen molar-refractivity contribution in [3.8, 4) is 5.69 Å². The highest BCUT2D eigenvalue weighted by molar-refractivity contribution is 6.47. The maximum atomic E-state index is 12.6. The quantitative estimate of drug-likeness (QED) is 0.535. The minimum absolute atomic E-state index is 0.0945. The maximum absolute atomic E-state index is 12.6. The maximum Gasteiger partial charge on any atom is 0.416 e. The highest BCUT2D eigenvalue weighted by atomic mass is 19.4. The number of benzene rings is 2. The van der Waals surface area contributed by atoms with Gasteiger partial charge in [-0.3, -0.25) is 9.59 Å². The summed E-state index contributed by atoms with van der Waals surface area (Å²) in [5.74, 6) is -1.75. The molecule has 8 heteroatoms. The molecular formula is C20H16F3N3O2. The summed E-state index contributed by atoms with van der Waals surface area (Å²) in [7, 11) is 0. The van der Waals surface area contributed by atoms with Gasteiger partial charge in [-0.2, -0.15) is 18.3 Å². The van der Waals surface area contributed by atoms with Gasteiger partial charge in [0.05, 0.1) is 28.2 Å². The van der Waals surface area contributed by atoms with Crippen LogP contribution in [0.2, 0.25) is 0 Å². The van der Waals surface area contributed by atoms with Crippen molar-refractivity contribution in [2.45, 2.75) is 20.0 Å². The van der Waals surface area contributed by atoms with Gasteiger partial charge in [-0.1, -0.05) is 18.2 Å². The lowest BCUT2D eigenvalue weighted by Gasteiger charge is -2.09. The van der Waals surface area contributed by atoms with Crippen LogP contribution in [0, 0.1) is 13.8 Å². The zero-order chi connectivity index (χ0) is 20.5. The summed E-state index contributed by atoms with van der Waals surface area (Å²) in [6.45, 7) is 3.29. The number of aryl methyl sites for hydroxylation is 1. The SMILES string of the molecule is Cc1nn(-c2ccccc2)c(C)c1C(=O)C(=O)Nc1ccc(C(F)(F)F)cc1. The van der Waals surface area contributed by atoms with E-state index in [1.807, 2.05) is 30.3 Å². The smallest absolute Gasteiger partial charge is 0.319 e. The molecule has 28 heavy (non-hydrogen) atoms. The first kappa shape index (κ1) is 19.3. The van der Waals surface area contributed by atoms with Gasteiger partial charge in [-0.25, -0.2) is 4.68 Å². The number of Topliss-reactive ketones (excluding diaryl/α,β-unsaturated/α-hetero) is 1. The summed E-state index contributed by atoms with van der Waals surface area (Å²) in [5, 5.41) is 6.65. The monoisotopic (exact) mass is 387 g/mol. The van der Waals surface area contributed by atoms with Crippen molar-refractivity contribution in [2.24, 2.45) is 0 Å². The standard InChI is InChI=1S/C20H16F3N3O2/c1-12-17(13(2)26(25-12)16-6-4-3-5-7-16)18(27)19(28)24-15-10-8-14(9-11-15)20(21,22)23/h3-11H,1-2H3,(H,24,28). The second-order valence-corrected chi connectivity index (χ2v) is 6.15. The van der Waals surface area contributed by atoms with E-state index < -0.39 is 23.4 Å². The number of halogens is 3.